The highest BCUT2D eigenvalue weighted by atomic mass is 79.9. The average Bonchev–Trinajstić information content (AvgIpc) is 2.38. The van der Waals surface area contributed by atoms with Crippen LogP contribution in [0, 0.1) is 13.8 Å². The van der Waals surface area contributed by atoms with Crippen molar-refractivity contribution in [2.45, 2.75) is 25.3 Å². The van der Waals surface area contributed by atoms with Gasteiger partial charge in [0.15, 0.2) is 0 Å². The SMILES string of the molecule is Cc1cccc(C)c1COc1ccc(Br)cc1S(=O)(=O)Cl. The molecular weight excluding hydrogens is 376 g/mol. The van der Waals surface area contributed by atoms with E-state index in [1.807, 2.05) is 32.0 Å². The van der Waals surface area contributed by atoms with E-state index in [9.17, 15) is 8.42 Å². The van der Waals surface area contributed by atoms with Gasteiger partial charge in [-0.15, -0.1) is 0 Å². The molecule has 0 radical (unpaired) electrons. The summed E-state index contributed by atoms with van der Waals surface area (Å²) in [7, 11) is 1.59. The first-order valence-corrected chi connectivity index (χ1v) is 9.31. The van der Waals surface area contributed by atoms with Gasteiger partial charge in [0.2, 0.25) is 0 Å². The number of ether oxygens (including phenoxy) is 1. The van der Waals surface area contributed by atoms with Crippen LogP contribution in [0.2, 0.25) is 0 Å². The van der Waals surface area contributed by atoms with E-state index in [1.54, 1.807) is 12.1 Å². The molecule has 2 aromatic rings. The van der Waals surface area contributed by atoms with Gasteiger partial charge in [0.1, 0.15) is 17.3 Å². The number of benzene rings is 2. The number of hydrogen-bond acceptors (Lipinski definition) is 3. The fourth-order valence-corrected chi connectivity index (χ4v) is 3.53. The molecule has 6 heteroatoms. The smallest absolute Gasteiger partial charge is 0.265 e. The van der Waals surface area contributed by atoms with Crippen molar-refractivity contribution >= 4 is 35.7 Å². The molecule has 0 aromatic heterocycles. The molecule has 2 rings (SSSR count). The minimum Gasteiger partial charge on any atom is -0.487 e. The van der Waals surface area contributed by atoms with E-state index < -0.39 is 9.05 Å². The van der Waals surface area contributed by atoms with Gasteiger partial charge in [-0.2, -0.15) is 0 Å². The van der Waals surface area contributed by atoms with Crippen LogP contribution in [0.5, 0.6) is 5.75 Å². The topological polar surface area (TPSA) is 43.4 Å². The molecule has 0 aliphatic rings. The zero-order chi connectivity index (χ0) is 15.6. The van der Waals surface area contributed by atoms with Gasteiger partial charge >= 0.3 is 0 Å². The van der Waals surface area contributed by atoms with Crippen LogP contribution in [0.15, 0.2) is 45.8 Å². The Labute approximate surface area is 137 Å². The van der Waals surface area contributed by atoms with Crippen LogP contribution in [0.25, 0.3) is 0 Å². The third kappa shape index (κ3) is 3.99. The first-order valence-electron chi connectivity index (χ1n) is 6.21. The lowest BCUT2D eigenvalue weighted by Gasteiger charge is -2.13. The summed E-state index contributed by atoms with van der Waals surface area (Å²) in [6.07, 6.45) is 0. The lowest BCUT2D eigenvalue weighted by molar-refractivity contribution is 0.296. The van der Waals surface area contributed by atoms with Gasteiger partial charge in [-0.1, -0.05) is 34.1 Å². The first-order chi connectivity index (χ1) is 9.79. The normalized spacial score (nSPS) is 11.4. The highest BCUT2D eigenvalue weighted by molar-refractivity contribution is 9.10. The summed E-state index contributed by atoms with van der Waals surface area (Å²) in [6, 6.07) is 10.7. The van der Waals surface area contributed by atoms with E-state index in [0.29, 0.717) is 11.1 Å². The van der Waals surface area contributed by atoms with Gasteiger partial charge in [0.25, 0.3) is 9.05 Å². The summed E-state index contributed by atoms with van der Waals surface area (Å²) in [4.78, 5) is -0.0372. The average molecular weight is 390 g/mol. The van der Waals surface area contributed by atoms with Crippen LogP contribution in [0.1, 0.15) is 16.7 Å². The Bertz CT molecular complexity index is 752. The Balaban J connectivity index is 2.33. The molecule has 0 aliphatic heterocycles. The predicted molar refractivity (Wildman–Crippen MR) is 87.4 cm³/mol. The van der Waals surface area contributed by atoms with Gasteiger partial charge < -0.3 is 4.74 Å². The van der Waals surface area contributed by atoms with Gasteiger partial charge in [-0.3, -0.25) is 0 Å². The second-order valence-corrected chi connectivity index (χ2v) is 8.14. The Hall–Kier alpha value is -1.04. The summed E-state index contributed by atoms with van der Waals surface area (Å²) >= 11 is 3.23. The van der Waals surface area contributed by atoms with Crippen molar-refractivity contribution in [3.63, 3.8) is 0 Å². The maximum Gasteiger partial charge on any atom is 0.265 e. The van der Waals surface area contributed by atoms with E-state index in [1.165, 1.54) is 6.07 Å². The third-order valence-electron chi connectivity index (χ3n) is 3.18. The van der Waals surface area contributed by atoms with Crippen molar-refractivity contribution in [1.29, 1.82) is 0 Å². The van der Waals surface area contributed by atoms with Crippen LogP contribution >= 0.6 is 26.6 Å². The molecular formula is C15H14BrClO3S. The Morgan fingerprint density at radius 2 is 1.76 bits per heavy atom. The largest absolute Gasteiger partial charge is 0.487 e. The number of halogens is 2. The Morgan fingerprint density at radius 1 is 1.14 bits per heavy atom. The monoisotopic (exact) mass is 388 g/mol. The molecule has 2 aromatic carbocycles. The maximum atomic E-state index is 11.6. The highest BCUT2D eigenvalue weighted by Gasteiger charge is 2.18. The molecule has 0 heterocycles. The fraction of sp³-hybridized carbons (Fsp3) is 0.200. The van der Waals surface area contributed by atoms with Gasteiger partial charge in [0.05, 0.1) is 0 Å². The van der Waals surface area contributed by atoms with Gasteiger partial charge in [-0.25, -0.2) is 8.42 Å². The molecule has 21 heavy (non-hydrogen) atoms. The summed E-state index contributed by atoms with van der Waals surface area (Å²) in [5.41, 5.74) is 3.24. The van der Waals surface area contributed by atoms with Crippen molar-refractivity contribution in [1.82, 2.24) is 0 Å². The van der Waals surface area contributed by atoms with Crippen molar-refractivity contribution < 1.29 is 13.2 Å². The number of rotatable bonds is 4. The van der Waals surface area contributed by atoms with Crippen LogP contribution in [0.4, 0.5) is 0 Å². The molecule has 0 fully saturated rings. The Kier molecular flexibility index (Phi) is 4.96. The minimum atomic E-state index is -3.86. The quantitative estimate of drug-likeness (QED) is 0.719. The summed E-state index contributed by atoms with van der Waals surface area (Å²) < 4.78 is 29.5. The van der Waals surface area contributed by atoms with E-state index >= 15 is 0 Å². The van der Waals surface area contributed by atoms with Crippen molar-refractivity contribution in [2.75, 3.05) is 0 Å². The fourth-order valence-electron chi connectivity index (χ4n) is 2.02. The molecule has 0 amide bonds. The van der Waals surface area contributed by atoms with Crippen molar-refractivity contribution in [2.24, 2.45) is 0 Å². The summed E-state index contributed by atoms with van der Waals surface area (Å²) in [6.45, 7) is 4.28. The minimum absolute atomic E-state index is 0.0372. The molecule has 0 atom stereocenters. The van der Waals surface area contributed by atoms with E-state index in [0.717, 1.165) is 16.7 Å². The molecule has 112 valence electrons. The number of aryl methyl sites for hydroxylation is 2. The van der Waals surface area contributed by atoms with Gasteiger partial charge in [-0.05, 0) is 48.7 Å². The zero-order valence-corrected chi connectivity index (χ0v) is 14.7. The molecule has 0 aliphatic carbocycles. The van der Waals surface area contributed by atoms with E-state index in [4.69, 9.17) is 15.4 Å². The number of hydrogen-bond donors (Lipinski definition) is 0. The maximum absolute atomic E-state index is 11.6. The van der Waals surface area contributed by atoms with Crippen LogP contribution in [-0.4, -0.2) is 8.42 Å². The molecule has 0 spiro atoms. The second-order valence-electron chi connectivity index (χ2n) is 4.69. The molecule has 0 N–H and O–H groups in total. The molecule has 0 saturated carbocycles. The zero-order valence-electron chi connectivity index (χ0n) is 11.6. The lowest BCUT2D eigenvalue weighted by atomic mass is 10.0. The molecule has 3 nitrogen and oxygen atoms in total. The molecule has 0 bridgehead atoms. The van der Waals surface area contributed by atoms with Crippen molar-refractivity contribution in [3.05, 3.63) is 57.6 Å². The van der Waals surface area contributed by atoms with Crippen LogP contribution in [-0.2, 0) is 15.7 Å². The van der Waals surface area contributed by atoms with Crippen LogP contribution in [0.3, 0.4) is 0 Å². The van der Waals surface area contributed by atoms with Gasteiger partial charge in [0, 0.05) is 15.2 Å². The highest BCUT2D eigenvalue weighted by Crippen LogP contribution is 2.31. The van der Waals surface area contributed by atoms with E-state index in [2.05, 4.69) is 15.9 Å². The lowest BCUT2D eigenvalue weighted by Crippen LogP contribution is -2.03. The first kappa shape index (κ1) is 16.3. The Morgan fingerprint density at radius 3 is 2.33 bits per heavy atom. The molecule has 0 unspecified atom stereocenters. The standard InChI is InChI=1S/C15H14BrClO3S/c1-10-4-3-5-11(2)13(10)9-20-14-7-6-12(16)8-15(14)21(17,18)19/h3-8H,9H2,1-2H3. The predicted octanol–water partition coefficient (Wildman–Crippen LogP) is 4.57. The van der Waals surface area contributed by atoms with E-state index in [-0.39, 0.29) is 10.6 Å². The van der Waals surface area contributed by atoms with Crippen molar-refractivity contribution in [3.8, 4) is 5.75 Å². The van der Waals surface area contributed by atoms with Crippen LogP contribution < -0.4 is 4.74 Å². The third-order valence-corrected chi connectivity index (χ3v) is 5.02. The summed E-state index contributed by atoms with van der Waals surface area (Å²) in [5, 5.41) is 0. The summed E-state index contributed by atoms with van der Waals surface area (Å²) in [5.74, 6) is 0.246. The molecule has 0 saturated heterocycles. The second kappa shape index (κ2) is 6.38.